The Labute approximate surface area is 116 Å². The number of carboxylic acids is 1. The lowest BCUT2D eigenvalue weighted by molar-refractivity contribution is -0.119. The molecule has 5 nitrogen and oxygen atoms in total. The lowest BCUT2D eigenvalue weighted by Crippen LogP contribution is -2.21. The second-order valence-corrected chi connectivity index (χ2v) is 4.79. The highest BCUT2D eigenvalue weighted by atomic mass is 35.5. The number of hydrogen-bond donors (Lipinski definition) is 3. The molecule has 4 N–H and O–H groups in total. The van der Waals surface area contributed by atoms with Crippen LogP contribution in [0, 0.1) is 5.92 Å². The van der Waals surface area contributed by atoms with Gasteiger partial charge in [0.15, 0.2) is 0 Å². The van der Waals surface area contributed by atoms with E-state index in [0.717, 1.165) is 6.42 Å². The molecular weight excluding hydrogens is 268 g/mol. The average Bonchev–Trinajstić information content (AvgIpc) is 2.34. The number of nitrogens with one attached hydrogen (secondary N) is 1. The predicted molar refractivity (Wildman–Crippen MR) is 74.5 cm³/mol. The van der Waals surface area contributed by atoms with Gasteiger partial charge in [-0.1, -0.05) is 18.5 Å². The van der Waals surface area contributed by atoms with Gasteiger partial charge in [-0.15, -0.1) is 0 Å². The zero-order valence-electron chi connectivity index (χ0n) is 10.6. The highest BCUT2D eigenvalue weighted by Gasteiger charge is 2.14. The highest BCUT2D eigenvalue weighted by Crippen LogP contribution is 2.20. The van der Waals surface area contributed by atoms with Gasteiger partial charge in [-0.25, -0.2) is 4.79 Å². The molecule has 0 aliphatic carbocycles. The smallest absolute Gasteiger partial charge is 0.335 e. The van der Waals surface area contributed by atoms with Gasteiger partial charge in [0, 0.05) is 16.6 Å². The summed E-state index contributed by atoms with van der Waals surface area (Å²) < 4.78 is 0. The maximum atomic E-state index is 11.9. The molecule has 0 saturated heterocycles. The van der Waals surface area contributed by atoms with Crippen LogP contribution in [0.1, 0.15) is 30.1 Å². The van der Waals surface area contributed by atoms with E-state index in [2.05, 4.69) is 5.32 Å². The van der Waals surface area contributed by atoms with E-state index in [9.17, 15) is 9.59 Å². The molecule has 1 rings (SSSR count). The summed E-state index contributed by atoms with van der Waals surface area (Å²) in [4.78, 5) is 22.7. The number of hydrogen-bond acceptors (Lipinski definition) is 3. The van der Waals surface area contributed by atoms with Crippen molar-refractivity contribution in [2.75, 3.05) is 11.9 Å². The van der Waals surface area contributed by atoms with Crippen LogP contribution in [0.4, 0.5) is 5.69 Å². The number of nitrogens with two attached hydrogens (primary N) is 1. The third kappa shape index (κ3) is 4.89. The van der Waals surface area contributed by atoms with E-state index >= 15 is 0 Å². The molecule has 1 amide bonds. The SMILES string of the molecule is CC(CCCN)C(=O)Nc1cc(Cl)cc(C(=O)O)c1. The Morgan fingerprint density at radius 1 is 1.42 bits per heavy atom. The number of rotatable bonds is 6. The number of carboxylic acid groups (broad SMARTS) is 1. The first-order valence-electron chi connectivity index (χ1n) is 5.99. The molecule has 0 saturated carbocycles. The van der Waals surface area contributed by atoms with Crippen LogP contribution in [0.25, 0.3) is 0 Å². The number of carbonyl (C=O) groups excluding carboxylic acids is 1. The lowest BCUT2D eigenvalue weighted by Gasteiger charge is -2.12. The summed E-state index contributed by atoms with van der Waals surface area (Å²) in [5.41, 5.74) is 5.81. The summed E-state index contributed by atoms with van der Waals surface area (Å²) in [6.45, 7) is 2.34. The van der Waals surface area contributed by atoms with E-state index in [4.69, 9.17) is 22.4 Å². The van der Waals surface area contributed by atoms with Crippen molar-refractivity contribution in [2.45, 2.75) is 19.8 Å². The van der Waals surface area contributed by atoms with Gasteiger partial charge in [0.2, 0.25) is 5.91 Å². The Morgan fingerprint density at radius 3 is 2.68 bits per heavy atom. The van der Waals surface area contributed by atoms with Crippen LogP contribution in [0.5, 0.6) is 0 Å². The Hall–Kier alpha value is -1.59. The minimum absolute atomic E-state index is 0.0393. The maximum Gasteiger partial charge on any atom is 0.335 e. The van der Waals surface area contributed by atoms with E-state index in [1.807, 2.05) is 0 Å². The first-order chi connectivity index (χ1) is 8.93. The van der Waals surface area contributed by atoms with E-state index in [-0.39, 0.29) is 22.4 Å². The molecule has 19 heavy (non-hydrogen) atoms. The van der Waals surface area contributed by atoms with Crippen molar-refractivity contribution in [2.24, 2.45) is 11.7 Å². The summed E-state index contributed by atoms with van der Waals surface area (Å²) >= 11 is 5.81. The Balaban J connectivity index is 2.76. The molecule has 0 aromatic heterocycles. The van der Waals surface area contributed by atoms with Crippen LogP contribution in [0.3, 0.4) is 0 Å². The van der Waals surface area contributed by atoms with E-state index in [1.54, 1.807) is 6.92 Å². The van der Waals surface area contributed by atoms with Gasteiger partial charge in [-0.2, -0.15) is 0 Å². The number of anilines is 1. The van der Waals surface area contributed by atoms with Crippen molar-refractivity contribution in [1.29, 1.82) is 0 Å². The minimum atomic E-state index is -1.09. The second-order valence-electron chi connectivity index (χ2n) is 4.35. The van der Waals surface area contributed by atoms with E-state index in [0.29, 0.717) is 18.7 Å². The van der Waals surface area contributed by atoms with Crippen molar-refractivity contribution < 1.29 is 14.7 Å². The molecule has 104 valence electrons. The van der Waals surface area contributed by atoms with Gasteiger partial charge >= 0.3 is 5.97 Å². The first-order valence-corrected chi connectivity index (χ1v) is 6.36. The fourth-order valence-electron chi connectivity index (χ4n) is 1.61. The highest BCUT2D eigenvalue weighted by molar-refractivity contribution is 6.31. The zero-order chi connectivity index (χ0) is 14.4. The Kier molecular flexibility index (Phi) is 5.79. The molecule has 0 fully saturated rings. The average molecular weight is 285 g/mol. The van der Waals surface area contributed by atoms with E-state index < -0.39 is 5.97 Å². The van der Waals surface area contributed by atoms with Crippen molar-refractivity contribution >= 4 is 29.2 Å². The summed E-state index contributed by atoms with van der Waals surface area (Å²) in [6, 6.07) is 4.22. The predicted octanol–water partition coefficient (Wildman–Crippen LogP) is 2.35. The monoisotopic (exact) mass is 284 g/mol. The molecule has 1 aromatic rings. The third-order valence-corrected chi connectivity index (χ3v) is 2.92. The minimum Gasteiger partial charge on any atom is -0.478 e. The summed E-state index contributed by atoms with van der Waals surface area (Å²) in [7, 11) is 0. The second kappa shape index (κ2) is 7.11. The Morgan fingerprint density at radius 2 is 2.11 bits per heavy atom. The van der Waals surface area contributed by atoms with Gasteiger partial charge in [0.25, 0.3) is 0 Å². The molecule has 1 atom stereocenters. The topological polar surface area (TPSA) is 92.4 Å². The molecule has 1 unspecified atom stereocenters. The van der Waals surface area contributed by atoms with Crippen molar-refractivity contribution in [3.05, 3.63) is 28.8 Å². The summed E-state index contributed by atoms with van der Waals surface area (Å²) in [6.07, 6.45) is 1.46. The number of carbonyl (C=O) groups is 2. The normalized spacial score (nSPS) is 11.9. The number of benzene rings is 1. The van der Waals surface area contributed by atoms with Crippen LogP contribution in [0.2, 0.25) is 5.02 Å². The molecule has 0 spiro atoms. The molecule has 0 aliphatic rings. The summed E-state index contributed by atoms with van der Waals surface area (Å²) in [5.74, 6) is -1.45. The fourth-order valence-corrected chi connectivity index (χ4v) is 1.84. The van der Waals surface area contributed by atoms with Gasteiger partial charge in [0.1, 0.15) is 0 Å². The van der Waals surface area contributed by atoms with Crippen molar-refractivity contribution in [1.82, 2.24) is 0 Å². The first kappa shape index (κ1) is 15.5. The quantitative estimate of drug-likeness (QED) is 0.747. The fraction of sp³-hybridized carbons (Fsp3) is 0.385. The van der Waals surface area contributed by atoms with Gasteiger partial charge in [-0.05, 0) is 37.6 Å². The van der Waals surface area contributed by atoms with Crippen LogP contribution < -0.4 is 11.1 Å². The maximum absolute atomic E-state index is 11.9. The number of aromatic carboxylic acids is 1. The summed E-state index contributed by atoms with van der Waals surface area (Å²) in [5, 5.41) is 11.8. The molecule has 0 aliphatic heterocycles. The number of amides is 1. The van der Waals surface area contributed by atoms with Crippen molar-refractivity contribution in [3.8, 4) is 0 Å². The van der Waals surface area contributed by atoms with Crippen LogP contribution in [0.15, 0.2) is 18.2 Å². The lowest BCUT2D eigenvalue weighted by atomic mass is 10.0. The molecular formula is C13H17ClN2O3. The number of halogens is 1. The standard InChI is InChI=1S/C13H17ClN2O3/c1-8(3-2-4-15)12(17)16-11-6-9(13(18)19)5-10(14)7-11/h5-8H,2-4,15H2,1H3,(H,16,17)(H,18,19). The molecule has 6 heteroatoms. The third-order valence-electron chi connectivity index (χ3n) is 2.70. The van der Waals surface area contributed by atoms with Crippen LogP contribution >= 0.6 is 11.6 Å². The van der Waals surface area contributed by atoms with Crippen molar-refractivity contribution in [3.63, 3.8) is 0 Å². The van der Waals surface area contributed by atoms with Crippen LogP contribution in [-0.2, 0) is 4.79 Å². The largest absolute Gasteiger partial charge is 0.478 e. The molecule has 0 bridgehead atoms. The van der Waals surface area contributed by atoms with Gasteiger partial charge in [0.05, 0.1) is 5.56 Å². The Bertz CT molecular complexity index is 477. The van der Waals surface area contributed by atoms with E-state index in [1.165, 1.54) is 18.2 Å². The molecule has 0 radical (unpaired) electrons. The van der Waals surface area contributed by atoms with Gasteiger partial charge < -0.3 is 16.2 Å². The molecule has 1 aromatic carbocycles. The van der Waals surface area contributed by atoms with Gasteiger partial charge in [-0.3, -0.25) is 4.79 Å². The zero-order valence-corrected chi connectivity index (χ0v) is 11.4. The van der Waals surface area contributed by atoms with Crippen LogP contribution in [-0.4, -0.2) is 23.5 Å². The molecule has 0 heterocycles.